The molecule has 0 unspecified atom stereocenters. The Kier molecular flexibility index (Phi) is 8.67. The maximum Gasteiger partial charge on any atom is 0.250 e. The predicted octanol–water partition coefficient (Wildman–Crippen LogP) is 3.58. The van der Waals surface area contributed by atoms with Crippen LogP contribution in [0.2, 0.25) is 0 Å². The smallest absolute Gasteiger partial charge is 0.250 e. The Bertz CT molecular complexity index is 1020. The first-order chi connectivity index (χ1) is 14.4. The third kappa shape index (κ3) is 6.77. The molecule has 30 heavy (non-hydrogen) atoms. The van der Waals surface area contributed by atoms with Crippen molar-refractivity contribution >= 4 is 45.0 Å². The fraction of sp³-hybridized carbons (Fsp3) is 0.0909. The number of rotatable bonds is 9. The van der Waals surface area contributed by atoms with Crippen molar-refractivity contribution in [3.8, 4) is 0 Å². The molecule has 0 aliphatic rings. The Balaban J connectivity index is 1.98. The molecule has 2 rings (SSSR count). The van der Waals surface area contributed by atoms with Crippen LogP contribution >= 0.6 is 12.2 Å². The van der Waals surface area contributed by atoms with Crippen molar-refractivity contribution in [2.24, 2.45) is 0 Å². The van der Waals surface area contributed by atoms with E-state index in [0.717, 1.165) is 5.56 Å². The van der Waals surface area contributed by atoms with Crippen LogP contribution in [0.4, 0.5) is 5.69 Å². The molecule has 0 aliphatic heterocycles. The standard InChI is InChI=1S/C22H23N3O3S2/c1-3-16-25(17-4-2)30(27,28)20-13-11-19(12-14-20)23-22(29)24-21(26)15-10-18-8-6-5-7-9-18/h3-15H,1-2,16-17H2,(H2,23,24,26,29)/b15-10+. The molecule has 156 valence electrons. The predicted molar refractivity (Wildman–Crippen MR) is 125 cm³/mol. The van der Waals surface area contributed by atoms with E-state index in [9.17, 15) is 13.2 Å². The molecule has 0 heterocycles. The highest BCUT2D eigenvalue weighted by Gasteiger charge is 2.22. The lowest BCUT2D eigenvalue weighted by molar-refractivity contribution is -0.115. The minimum atomic E-state index is -3.67. The van der Waals surface area contributed by atoms with Gasteiger partial charge in [0.1, 0.15) is 0 Å². The number of nitrogens with one attached hydrogen (secondary N) is 2. The van der Waals surface area contributed by atoms with Crippen LogP contribution in [0.15, 0.2) is 90.9 Å². The van der Waals surface area contributed by atoms with Gasteiger partial charge in [-0.15, -0.1) is 13.2 Å². The monoisotopic (exact) mass is 441 g/mol. The summed E-state index contributed by atoms with van der Waals surface area (Å²) in [6.45, 7) is 7.54. The number of amides is 1. The van der Waals surface area contributed by atoms with Crippen LogP contribution < -0.4 is 10.6 Å². The van der Waals surface area contributed by atoms with Crippen LogP contribution in [-0.4, -0.2) is 36.8 Å². The van der Waals surface area contributed by atoms with Gasteiger partial charge in [-0.3, -0.25) is 10.1 Å². The van der Waals surface area contributed by atoms with E-state index < -0.39 is 10.0 Å². The maximum atomic E-state index is 12.7. The first-order valence-corrected chi connectivity index (χ1v) is 10.9. The number of hydrogen-bond donors (Lipinski definition) is 2. The second kappa shape index (κ2) is 11.2. The van der Waals surface area contributed by atoms with Crippen LogP contribution in [0.1, 0.15) is 5.56 Å². The molecule has 2 aromatic carbocycles. The molecule has 0 aliphatic carbocycles. The molecular weight excluding hydrogens is 418 g/mol. The van der Waals surface area contributed by atoms with Crippen molar-refractivity contribution in [2.45, 2.75) is 4.90 Å². The minimum Gasteiger partial charge on any atom is -0.332 e. The van der Waals surface area contributed by atoms with Crippen LogP contribution in [-0.2, 0) is 14.8 Å². The summed E-state index contributed by atoms with van der Waals surface area (Å²) in [5, 5.41) is 5.50. The number of nitrogens with zero attached hydrogens (tertiary/aromatic N) is 1. The lowest BCUT2D eigenvalue weighted by Gasteiger charge is -2.19. The summed E-state index contributed by atoms with van der Waals surface area (Å²) < 4.78 is 26.7. The Morgan fingerprint density at radius 1 is 1.00 bits per heavy atom. The second-order valence-electron chi connectivity index (χ2n) is 6.11. The van der Waals surface area contributed by atoms with Crippen molar-refractivity contribution in [3.63, 3.8) is 0 Å². The number of carbonyl (C=O) groups is 1. The Morgan fingerprint density at radius 2 is 1.60 bits per heavy atom. The normalized spacial score (nSPS) is 11.2. The molecule has 2 N–H and O–H groups in total. The van der Waals surface area contributed by atoms with Gasteiger partial charge in [0.15, 0.2) is 5.11 Å². The average molecular weight is 442 g/mol. The van der Waals surface area contributed by atoms with Crippen LogP contribution in [0.25, 0.3) is 6.08 Å². The molecule has 0 fully saturated rings. The zero-order valence-corrected chi connectivity index (χ0v) is 18.0. The molecule has 0 bridgehead atoms. The van der Waals surface area contributed by atoms with E-state index in [2.05, 4.69) is 23.8 Å². The minimum absolute atomic E-state index is 0.105. The fourth-order valence-electron chi connectivity index (χ4n) is 2.47. The molecule has 2 aromatic rings. The number of thiocarbonyl (C=S) groups is 1. The molecule has 0 saturated carbocycles. The summed E-state index contributed by atoms with van der Waals surface area (Å²) >= 11 is 5.13. The lowest BCUT2D eigenvalue weighted by Crippen LogP contribution is -2.33. The van der Waals surface area contributed by atoms with Gasteiger partial charge in [-0.2, -0.15) is 4.31 Å². The number of carbonyl (C=O) groups excluding carboxylic acids is 1. The molecule has 8 heteroatoms. The molecule has 0 spiro atoms. The zero-order chi connectivity index (χ0) is 22.0. The number of sulfonamides is 1. The topological polar surface area (TPSA) is 78.5 Å². The Labute approximate surface area is 182 Å². The van der Waals surface area contributed by atoms with Crippen molar-refractivity contribution in [1.29, 1.82) is 0 Å². The SMILES string of the molecule is C=CCN(CC=C)S(=O)(=O)c1ccc(NC(=S)NC(=O)/C=C/c2ccccc2)cc1. The maximum absolute atomic E-state index is 12.7. The zero-order valence-electron chi connectivity index (χ0n) is 16.3. The van der Waals surface area contributed by atoms with E-state index in [0.29, 0.717) is 5.69 Å². The van der Waals surface area contributed by atoms with E-state index in [-0.39, 0.29) is 29.0 Å². The van der Waals surface area contributed by atoms with Gasteiger partial charge in [-0.05, 0) is 48.1 Å². The Hall–Kier alpha value is -3.07. The number of hydrogen-bond acceptors (Lipinski definition) is 4. The van der Waals surface area contributed by atoms with Crippen LogP contribution in [0.5, 0.6) is 0 Å². The van der Waals surface area contributed by atoms with Crippen LogP contribution in [0.3, 0.4) is 0 Å². The summed E-state index contributed by atoms with van der Waals surface area (Å²) in [7, 11) is -3.67. The largest absolute Gasteiger partial charge is 0.332 e. The highest BCUT2D eigenvalue weighted by Crippen LogP contribution is 2.18. The van der Waals surface area contributed by atoms with Gasteiger partial charge >= 0.3 is 0 Å². The van der Waals surface area contributed by atoms with E-state index in [1.165, 1.54) is 34.7 Å². The summed E-state index contributed by atoms with van der Waals surface area (Å²) in [6.07, 6.45) is 6.09. The van der Waals surface area contributed by atoms with E-state index in [1.807, 2.05) is 30.3 Å². The van der Waals surface area contributed by atoms with E-state index >= 15 is 0 Å². The van der Waals surface area contributed by atoms with Crippen molar-refractivity contribution in [1.82, 2.24) is 9.62 Å². The van der Waals surface area contributed by atoms with Gasteiger partial charge in [0.05, 0.1) is 4.90 Å². The Morgan fingerprint density at radius 3 is 2.17 bits per heavy atom. The summed E-state index contributed by atoms with van der Waals surface area (Å²) in [5.41, 5.74) is 1.44. The molecule has 0 saturated heterocycles. The lowest BCUT2D eigenvalue weighted by atomic mass is 10.2. The van der Waals surface area contributed by atoms with Gasteiger partial charge in [0, 0.05) is 24.9 Å². The number of anilines is 1. The van der Waals surface area contributed by atoms with Gasteiger partial charge in [0.2, 0.25) is 15.9 Å². The molecule has 0 radical (unpaired) electrons. The molecule has 0 atom stereocenters. The summed E-state index contributed by atoms with van der Waals surface area (Å²) in [6, 6.07) is 15.5. The van der Waals surface area contributed by atoms with Crippen molar-refractivity contribution < 1.29 is 13.2 Å². The average Bonchev–Trinajstić information content (AvgIpc) is 2.73. The third-order valence-electron chi connectivity index (χ3n) is 3.88. The molecular formula is C22H23N3O3S2. The summed E-state index contributed by atoms with van der Waals surface area (Å²) in [4.78, 5) is 12.1. The first-order valence-electron chi connectivity index (χ1n) is 9.04. The quantitative estimate of drug-likeness (QED) is 0.353. The second-order valence-corrected chi connectivity index (χ2v) is 8.46. The molecule has 6 nitrogen and oxygen atoms in total. The van der Waals surface area contributed by atoms with Crippen molar-refractivity contribution in [2.75, 3.05) is 18.4 Å². The molecule has 1 amide bonds. The van der Waals surface area contributed by atoms with E-state index in [4.69, 9.17) is 12.2 Å². The van der Waals surface area contributed by atoms with Crippen molar-refractivity contribution in [3.05, 3.63) is 91.5 Å². The van der Waals surface area contributed by atoms with Gasteiger partial charge < -0.3 is 5.32 Å². The van der Waals surface area contributed by atoms with Crippen LogP contribution in [0, 0.1) is 0 Å². The molecule has 0 aromatic heterocycles. The van der Waals surface area contributed by atoms with Gasteiger partial charge in [-0.25, -0.2) is 8.42 Å². The summed E-state index contributed by atoms with van der Waals surface area (Å²) in [5.74, 6) is -0.375. The van der Waals surface area contributed by atoms with Gasteiger partial charge in [-0.1, -0.05) is 42.5 Å². The first kappa shape index (κ1) is 23.2. The highest BCUT2D eigenvalue weighted by atomic mass is 32.2. The van der Waals surface area contributed by atoms with Gasteiger partial charge in [0.25, 0.3) is 0 Å². The highest BCUT2D eigenvalue weighted by molar-refractivity contribution is 7.89. The fourth-order valence-corrected chi connectivity index (χ4v) is 4.07. The number of benzene rings is 2. The third-order valence-corrected chi connectivity index (χ3v) is 5.93. The van der Waals surface area contributed by atoms with E-state index in [1.54, 1.807) is 18.2 Å².